The van der Waals surface area contributed by atoms with Crippen LogP contribution in [0.15, 0.2) is 0 Å². The van der Waals surface area contributed by atoms with Gasteiger partial charge in [-0.25, -0.2) is 0 Å². The quantitative estimate of drug-likeness (QED) is 0.450. The highest BCUT2D eigenvalue weighted by Gasteiger charge is 1.79. The Kier molecular flexibility index (Phi) is 3.59. The van der Waals surface area contributed by atoms with Gasteiger partial charge in [0.1, 0.15) is 0 Å². The lowest BCUT2D eigenvalue weighted by molar-refractivity contribution is 2.28. The molecule has 0 rings (SSSR count). The van der Waals surface area contributed by atoms with Gasteiger partial charge >= 0.3 is 0 Å². The molecular weight excluding hydrogens is 98.0 g/mol. The van der Waals surface area contributed by atoms with Crippen molar-refractivity contribution in [2.45, 2.75) is 0 Å². The van der Waals surface area contributed by atoms with E-state index < -0.39 is 0 Å². The van der Waals surface area contributed by atoms with E-state index in [9.17, 15) is 0 Å². The molecule has 0 N–H and O–H groups in total. The molecule has 0 aromatic heterocycles. The molecule has 0 bridgehead atoms. The lowest BCUT2D eigenvalue weighted by atomic mass is 11.9. The van der Waals surface area contributed by atoms with Gasteiger partial charge in [-0.05, 0) is 20.0 Å². The maximum atomic E-state index is 2.27. The third-order valence-corrected chi connectivity index (χ3v) is 3.60. The first-order valence-corrected chi connectivity index (χ1v) is 5.82. The first-order valence-electron chi connectivity index (χ1n) is 1.54. The maximum absolute atomic E-state index is 2.27. The molecule has 31 valence electrons. The molecule has 0 aromatic carbocycles. The molecule has 0 nitrogen and oxygen atoms in total. The summed E-state index contributed by atoms with van der Waals surface area (Å²) in [7, 11) is 1.94. The highest BCUT2D eigenvalue weighted by Crippen LogP contribution is 2.45. The smallest absolute Gasteiger partial charge is 0.0364 e. The summed E-state index contributed by atoms with van der Waals surface area (Å²) in [6.07, 6.45) is 0. The third-order valence-electron chi connectivity index (χ3n) is 0.400. The van der Waals surface area contributed by atoms with E-state index in [1.54, 1.807) is 8.27 Å². The molecule has 0 spiro atoms. The molecule has 0 saturated carbocycles. The molecule has 0 aliphatic heterocycles. The minimum Gasteiger partial charge on any atom is -0.0828 e. The van der Waals surface area contributed by atoms with Crippen LogP contribution >= 0.6 is 15.9 Å². The second-order valence-corrected chi connectivity index (χ2v) is 6.74. The van der Waals surface area contributed by atoms with Crippen LogP contribution in [0.4, 0.5) is 0 Å². The monoisotopic (exact) mass is 107 g/mol. The number of rotatable bonds is 1. The Labute approximate surface area is 36.8 Å². The van der Waals surface area contributed by atoms with Crippen LogP contribution in [0, 0.1) is 0 Å². The fourth-order valence-corrected chi connectivity index (χ4v) is 0. The van der Waals surface area contributed by atoms with Gasteiger partial charge in [0.25, 0.3) is 0 Å². The largest absolute Gasteiger partial charge is 0.0828 e. The van der Waals surface area contributed by atoms with Gasteiger partial charge < -0.3 is 0 Å². The Balaban J connectivity index is 2.54. The highest BCUT2D eigenvalue weighted by molar-refractivity contribution is 8.20. The van der Waals surface area contributed by atoms with Crippen molar-refractivity contribution in [2.24, 2.45) is 0 Å². The summed E-state index contributed by atoms with van der Waals surface area (Å²) < 4.78 is 0. The third kappa shape index (κ3) is 4.86. The minimum absolute atomic E-state index is 0.374. The molecule has 0 unspecified atom stereocenters. The molecule has 2 heteroatoms. The van der Waals surface area contributed by atoms with Crippen molar-refractivity contribution in [3.05, 3.63) is 0 Å². The molecule has 0 saturated heterocycles. The Morgan fingerprint density at radius 3 is 1.60 bits per heavy atom. The second-order valence-electron chi connectivity index (χ2n) is 1.05. The van der Waals surface area contributed by atoms with Gasteiger partial charge in [-0.1, -0.05) is 15.9 Å². The average Bonchev–Trinajstić information content (AvgIpc) is 1.38. The molecule has 0 heterocycles. The first-order chi connectivity index (χ1) is 2.27. The van der Waals surface area contributed by atoms with E-state index in [0.717, 1.165) is 0 Å². The first kappa shape index (κ1) is 5.86. The predicted molar refractivity (Wildman–Crippen MR) is 31.6 cm³/mol. The lowest BCUT2D eigenvalue weighted by Crippen LogP contribution is -1.43. The molecule has 0 amide bonds. The number of hydrogen-bond acceptors (Lipinski definition) is 0. The van der Waals surface area contributed by atoms with Crippen LogP contribution in [-0.4, -0.2) is 20.0 Å². The molecule has 0 aliphatic rings. The van der Waals surface area contributed by atoms with Crippen molar-refractivity contribution in [1.29, 1.82) is 0 Å². The van der Waals surface area contributed by atoms with E-state index in [-0.39, 0.29) is 0 Å². The zero-order valence-corrected chi connectivity index (χ0v) is 5.68. The van der Waals surface area contributed by atoms with E-state index in [1.807, 2.05) is 0 Å². The number of hydrogen-bond donors (Lipinski definition) is 0. The van der Waals surface area contributed by atoms with Gasteiger partial charge in [0.15, 0.2) is 0 Å². The van der Waals surface area contributed by atoms with Gasteiger partial charge in [0.05, 0.1) is 0 Å². The van der Waals surface area contributed by atoms with Crippen LogP contribution in [-0.2, 0) is 0 Å². The molecular formula is C3H9P2. The van der Waals surface area contributed by atoms with Crippen molar-refractivity contribution in [3.63, 3.8) is 0 Å². The Morgan fingerprint density at radius 2 is 1.60 bits per heavy atom. The predicted octanol–water partition coefficient (Wildman–Crippen LogP) is 2.22. The van der Waals surface area contributed by atoms with Crippen molar-refractivity contribution >= 4 is 15.9 Å². The van der Waals surface area contributed by atoms with Crippen molar-refractivity contribution in [3.8, 4) is 0 Å². The van der Waals surface area contributed by atoms with Crippen LogP contribution in [0.1, 0.15) is 0 Å². The standard InChI is InChI=1S/C3H9P2/c1-4-5(2)3/h1-3H3. The summed E-state index contributed by atoms with van der Waals surface area (Å²) >= 11 is 0. The van der Waals surface area contributed by atoms with Gasteiger partial charge in [0.2, 0.25) is 0 Å². The zero-order valence-electron chi connectivity index (χ0n) is 3.89. The van der Waals surface area contributed by atoms with Crippen molar-refractivity contribution < 1.29 is 0 Å². The highest BCUT2D eigenvalue weighted by atomic mass is 32.0. The summed E-state index contributed by atoms with van der Waals surface area (Å²) in [5.74, 6) is 0. The summed E-state index contributed by atoms with van der Waals surface area (Å²) in [6.45, 7) is 6.75. The Bertz CT molecular complexity index is 18.9. The van der Waals surface area contributed by atoms with Gasteiger partial charge in [-0.2, -0.15) is 0 Å². The minimum atomic E-state index is 0.374. The van der Waals surface area contributed by atoms with E-state index in [4.69, 9.17) is 0 Å². The van der Waals surface area contributed by atoms with E-state index in [2.05, 4.69) is 20.0 Å². The zero-order chi connectivity index (χ0) is 4.28. The summed E-state index contributed by atoms with van der Waals surface area (Å²) in [4.78, 5) is 0. The van der Waals surface area contributed by atoms with Gasteiger partial charge in [-0.3, -0.25) is 0 Å². The molecule has 0 atom stereocenters. The van der Waals surface area contributed by atoms with Crippen LogP contribution < -0.4 is 0 Å². The molecule has 0 aromatic rings. The van der Waals surface area contributed by atoms with Crippen LogP contribution in [0.5, 0.6) is 0 Å². The lowest BCUT2D eigenvalue weighted by Gasteiger charge is -1.91. The fourth-order valence-electron chi connectivity index (χ4n) is 0. The topological polar surface area (TPSA) is 0 Å². The molecule has 5 heavy (non-hydrogen) atoms. The summed E-state index contributed by atoms with van der Waals surface area (Å²) in [5.41, 5.74) is 0. The summed E-state index contributed by atoms with van der Waals surface area (Å²) in [5, 5.41) is 0. The van der Waals surface area contributed by atoms with Gasteiger partial charge in [0, 0.05) is 0 Å². The summed E-state index contributed by atoms with van der Waals surface area (Å²) in [6, 6.07) is 0. The van der Waals surface area contributed by atoms with Crippen molar-refractivity contribution in [2.75, 3.05) is 20.0 Å². The Hall–Kier alpha value is 0.860. The normalized spacial score (nSPS) is 12.0. The van der Waals surface area contributed by atoms with Crippen LogP contribution in [0.3, 0.4) is 0 Å². The van der Waals surface area contributed by atoms with Crippen LogP contribution in [0.2, 0.25) is 0 Å². The van der Waals surface area contributed by atoms with E-state index >= 15 is 0 Å². The molecule has 1 radical (unpaired) electrons. The van der Waals surface area contributed by atoms with E-state index in [1.165, 1.54) is 0 Å². The molecule has 0 aliphatic carbocycles. The van der Waals surface area contributed by atoms with Crippen molar-refractivity contribution in [1.82, 2.24) is 0 Å². The SMILES string of the molecule is C[P]P(C)C. The maximum Gasteiger partial charge on any atom is -0.0364 e. The Morgan fingerprint density at radius 1 is 1.40 bits per heavy atom. The average molecular weight is 107 g/mol. The second kappa shape index (κ2) is 3.07. The van der Waals surface area contributed by atoms with Crippen LogP contribution in [0.25, 0.3) is 0 Å². The van der Waals surface area contributed by atoms with E-state index in [0.29, 0.717) is 7.61 Å². The molecule has 0 fully saturated rings. The van der Waals surface area contributed by atoms with Gasteiger partial charge in [-0.15, -0.1) is 0 Å². The fraction of sp³-hybridized carbons (Fsp3) is 1.00.